The van der Waals surface area contributed by atoms with Crippen LogP contribution in [-0.4, -0.2) is 77.8 Å². The second kappa shape index (κ2) is 16.0. The third-order valence-electron chi connectivity index (χ3n) is 1.66. The van der Waals surface area contributed by atoms with Crippen LogP contribution in [0.2, 0.25) is 0 Å². The third-order valence-corrected chi connectivity index (χ3v) is 1.66. The fourth-order valence-electron chi connectivity index (χ4n) is 0.815. The maximum atomic E-state index is 5.33. The second-order valence-corrected chi connectivity index (χ2v) is 2.93. The zero-order valence-corrected chi connectivity index (χ0v) is 8.47. The van der Waals surface area contributed by atoms with Gasteiger partial charge in [0.25, 0.3) is 0 Å². The molecule has 0 bridgehead atoms. The molecular weight excluding hydrogens is 191 g/mol. The van der Waals surface area contributed by atoms with E-state index in [1.807, 2.05) is 0 Å². The van der Waals surface area contributed by atoms with Crippen molar-refractivity contribution < 1.29 is 9.47 Å². The quantitative estimate of drug-likeness (QED) is 0.431. The number of ether oxygens (including phenoxy) is 2. The molecule has 0 aromatic rings. The Morgan fingerprint density at radius 3 is 1.38 bits per heavy atom. The Hall–Kier alpha value is 1.56. The molecule has 2 nitrogen and oxygen atoms in total. The van der Waals surface area contributed by atoms with Crippen LogP contribution < -0.4 is 0 Å². The van der Waals surface area contributed by atoms with E-state index in [1.165, 1.54) is 12.8 Å². The summed E-state index contributed by atoms with van der Waals surface area (Å²) in [5, 5.41) is 0. The average molecular weight is 214 g/mol. The van der Waals surface area contributed by atoms with Crippen molar-refractivity contribution in [1.82, 2.24) is 0 Å². The van der Waals surface area contributed by atoms with Crippen molar-refractivity contribution in [3.05, 3.63) is 0 Å². The Bertz CT molecular complexity index is 69.3. The minimum absolute atomic E-state index is 0. The summed E-state index contributed by atoms with van der Waals surface area (Å²) >= 11 is 0. The number of hydrogen-bond acceptors (Lipinski definition) is 2. The van der Waals surface area contributed by atoms with E-state index in [0.717, 1.165) is 39.3 Å². The van der Waals surface area contributed by atoms with Crippen LogP contribution in [0.15, 0.2) is 0 Å². The van der Waals surface area contributed by atoms with Gasteiger partial charge in [-0.2, -0.15) is 0 Å². The first-order valence-electron chi connectivity index (χ1n) is 5.07. The molecule has 0 aliphatic heterocycles. The number of unbranched alkanes of at least 4 members (excludes halogenated alkanes) is 2. The van der Waals surface area contributed by atoms with Gasteiger partial charge < -0.3 is 9.47 Å². The Kier molecular flexibility index (Phi) is 20.9. The topological polar surface area (TPSA) is 18.5 Å². The average Bonchev–Trinajstić information content (AvgIpc) is 2.10. The van der Waals surface area contributed by atoms with Crippen LogP contribution >= 0.6 is 0 Å². The van der Waals surface area contributed by atoms with E-state index >= 15 is 0 Å². The van der Waals surface area contributed by atoms with Gasteiger partial charge >= 0.3 is 51.4 Å². The van der Waals surface area contributed by atoms with E-state index in [-0.39, 0.29) is 51.4 Å². The standard InChI is InChI=1S/C10H22O2.K.H/c1-3-5-7-11-9-10-12-8-6-4-2;;/h3-10H2,1-2H3;;. The van der Waals surface area contributed by atoms with Crippen molar-refractivity contribution in [2.45, 2.75) is 39.5 Å². The maximum absolute atomic E-state index is 5.33. The van der Waals surface area contributed by atoms with E-state index in [2.05, 4.69) is 13.8 Å². The van der Waals surface area contributed by atoms with E-state index in [1.54, 1.807) is 0 Å². The van der Waals surface area contributed by atoms with Crippen LogP contribution in [0.3, 0.4) is 0 Å². The van der Waals surface area contributed by atoms with E-state index in [0.29, 0.717) is 0 Å². The van der Waals surface area contributed by atoms with Crippen LogP contribution in [0.4, 0.5) is 0 Å². The van der Waals surface area contributed by atoms with Crippen LogP contribution in [0, 0.1) is 0 Å². The molecule has 0 heterocycles. The Balaban J connectivity index is 0. The molecule has 0 spiro atoms. The first kappa shape index (κ1) is 17.0. The van der Waals surface area contributed by atoms with Crippen molar-refractivity contribution in [3.63, 3.8) is 0 Å². The van der Waals surface area contributed by atoms with Crippen LogP contribution in [0.1, 0.15) is 39.5 Å². The van der Waals surface area contributed by atoms with Crippen molar-refractivity contribution >= 4 is 51.4 Å². The summed E-state index contributed by atoms with van der Waals surface area (Å²) in [5.74, 6) is 0. The van der Waals surface area contributed by atoms with E-state index in [4.69, 9.17) is 9.47 Å². The molecule has 0 fully saturated rings. The van der Waals surface area contributed by atoms with E-state index < -0.39 is 0 Å². The zero-order chi connectivity index (χ0) is 9.07. The van der Waals surface area contributed by atoms with Gasteiger partial charge in [-0.3, -0.25) is 0 Å². The summed E-state index contributed by atoms with van der Waals surface area (Å²) in [4.78, 5) is 0. The zero-order valence-electron chi connectivity index (χ0n) is 8.47. The summed E-state index contributed by atoms with van der Waals surface area (Å²) in [7, 11) is 0. The predicted molar refractivity (Wildman–Crippen MR) is 58.6 cm³/mol. The Morgan fingerprint density at radius 2 is 1.08 bits per heavy atom. The van der Waals surface area contributed by atoms with Crippen LogP contribution in [0.5, 0.6) is 0 Å². The fourth-order valence-corrected chi connectivity index (χ4v) is 0.815. The van der Waals surface area contributed by atoms with E-state index in [9.17, 15) is 0 Å². The molecule has 0 amide bonds. The molecule has 0 aliphatic carbocycles. The van der Waals surface area contributed by atoms with Gasteiger partial charge in [0.2, 0.25) is 0 Å². The summed E-state index contributed by atoms with van der Waals surface area (Å²) in [6, 6.07) is 0. The van der Waals surface area contributed by atoms with Gasteiger partial charge in [0.15, 0.2) is 0 Å². The van der Waals surface area contributed by atoms with Gasteiger partial charge in [0.05, 0.1) is 13.2 Å². The molecule has 0 unspecified atom stereocenters. The van der Waals surface area contributed by atoms with Gasteiger partial charge in [0.1, 0.15) is 0 Å². The number of rotatable bonds is 9. The normalized spacial score (nSPS) is 9.69. The third kappa shape index (κ3) is 16.2. The monoisotopic (exact) mass is 214 g/mol. The summed E-state index contributed by atoms with van der Waals surface area (Å²) in [5.41, 5.74) is 0. The molecule has 0 saturated heterocycles. The molecule has 3 heteroatoms. The summed E-state index contributed by atoms with van der Waals surface area (Å²) in [6.07, 6.45) is 4.73. The van der Waals surface area contributed by atoms with Gasteiger partial charge in [-0.25, -0.2) is 0 Å². The molecule has 0 aromatic heterocycles. The SMILES string of the molecule is CCCCOCCOCCCC.[KH]. The Morgan fingerprint density at radius 1 is 0.692 bits per heavy atom. The summed E-state index contributed by atoms with van der Waals surface area (Å²) in [6.45, 7) is 7.61. The molecule has 0 rings (SSSR count). The molecule has 0 radical (unpaired) electrons. The summed E-state index contributed by atoms with van der Waals surface area (Å²) < 4.78 is 10.7. The second-order valence-electron chi connectivity index (χ2n) is 2.93. The van der Waals surface area contributed by atoms with Crippen molar-refractivity contribution in [2.24, 2.45) is 0 Å². The van der Waals surface area contributed by atoms with Gasteiger partial charge in [-0.05, 0) is 12.8 Å². The van der Waals surface area contributed by atoms with Gasteiger partial charge in [-0.1, -0.05) is 26.7 Å². The molecule has 0 aliphatic rings. The van der Waals surface area contributed by atoms with Crippen LogP contribution in [0.25, 0.3) is 0 Å². The molecule has 0 saturated carbocycles. The van der Waals surface area contributed by atoms with Crippen molar-refractivity contribution in [1.29, 1.82) is 0 Å². The fraction of sp³-hybridized carbons (Fsp3) is 1.00. The molecule has 0 aromatic carbocycles. The van der Waals surface area contributed by atoms with Gasteiger partial charge in [0, 0.05) is 13.2 Å². The molecule has 0 N–H and O–H groups in total. The van der Waals surface area contributed by atoms with Crippen molar-refractivity contribution in [2.75, 3.05) is 26.4 Å². The molecule has 0 atom stereocenters. The van der Waals surface area contributed by atoms with Gasteiger partial charge in [-0.15, -0.1) is 0 Å². The molecular formula is C10H23KO2. The minimum atomic E-state index is 0. The molecule has 13 heavy (non-hydrogen) atoms. The Labute approximate surface area is 125 Å². The first-order chi connectivity index (χ1) is 5.91. The number of hydrogen-bond donors (Lipinski definition) is 0. The van der Waals surface area contributed by atoms with Crippen molar-refractivity contribution in [3.8, 4) is 0 Å². The first-order valence-corrected chi connectivity index (χ1v) is 5.07. The predicted octanol–water partition coefficient (Wildman–Crippen LogP) is 1.97. The molecule has 76 valence electrons. The van der Waals surface area contributed by atoms with Crippen LogP contribution in [-0.2, 0) is 9.47 Å².